The van der Waals surface area contributed by atoms with Crippen LogP contribution in [-0.2, 0) is 4.74 Å². The quantitative estimate of drug-likeness (QED) is 0.582. The first-order chi connectivity index (χ1) is 13.8. The van der Waals surface area contributed by atoms with E-state index in [9.17, 15) is 4.79 Å². The van der Waals surface area contributed by atoms with Gasteiger partial charge in [-0.3, -0.25) is 0 Å². The minimum absolute atomic E-state index is 0.110. The predicted molar refractivity (Wildman–Crippen MR) is 113 cm³/mol. The van der Waals surface area contributed by atoms with Gasteiger partial charge in [0, 0.05) is 18.5 Å². The summed E-state index contributed by atoms with van der Waals surface area (Å²) in [5, 5.41) is 0. The summed E-state index contributed by atoms with van der Waals surface area (Å²) in [5.74, 6) is 1.25. The van der Waals surface area contributed by atoms with E-state index in [-0.39, 0.29) is 18.0 Å². The third-order valence-electron chi connectivity index (χ3n) is 5.56. The minimum atomic E-state index is -0.366. The molecule has 0 spiro atoms. The molecular formula is C22H36N2O5. The molecule has 2 rings (SSSR count). The van der Waals surface area contributed by atoms with Crippen molar-refractivity contribution in [3.05, 3.63) is 17.7 Å². The van der Waals surface area contributed by atoms with Crippen molar-refractivity contribution in [2.75, 3.05) is 55.1 Å². The molecule has 1 aromatic carbocycles. The molecule has 1 aliphatic heterocycles. The number of carbonyl (C=O) groups is 1. The molecule has 1 heterocycles. The maximum absolute atomic E-state index is 12.8. The number of likely N-dealkylation sites (tertiary alicyclic amines) is 1. The Labute approximate surface area is 174 Å². The topological polar surface area (TPSA) is 60.5 Å². The van der Waals surface area contributed by atoms with Crippen LogP contribution in [-0.4, -0.2) is 83.0 Å². The second kappa shape index (κ2) is 10.7. The van der Waals surface area contributed by atoms with Crippen molar-refractivity contribution >= 4 is 5.97 Å². The zero-order valence-electron chi connectivity index (χ0n) is 18.9. The summed E-state index contributed by atoms with van der Waals surface area (Å²) in [7, 11) is 8.79. The van der Waals surface area contributed by atoms with Crippen molar-refractivity contribution in [1.29, 1.82) is 0 Å². The van der Waals surface area contributed by atoms with Crippen molar-refractivity contribution < 1.29 is 23.7 Å². The summed E-state index contributed by atoms with van der Waals surface area (Å²) >= 11 is 0. The van der Waals surface area contributed by atoms with E-state index in [4.69, 9.17) is 18.9 Å². The van der Waals surface area contributed by atoms with Gasteiger partial charge in [0.2, 0.25) is 5.75 Å². The summed E-state index contributed by atoms with van der Waals surface area (Å²) in [5.41, 5.74) is 0.396. The van der Waals surface area contributed by atoms with Crippen LogP contribution in [0.4, 0.5) is 0 Å². The van der Waals surface area contributed by atoms with Crippen molar-refractivity contribution in [2.45, 2.75) is 38.8 Å². The third-order valence-corrected chi connectivity index (χ3v) is 5.56. The molecule has 7 nitrogen and oxygen atoms in total. The number of esters is 1. The Bertz CT molecular complexity index is 654. The maximum Gasteiger partial charge on any atom is 0.338 e. The van der Waals surface area contributed by atoms with Gasteiger partial charge in [0.25, 0.3) is 0 Å². The molecule has 1 saturated heterocycles. The van der Waals surface area contributed by atoms with E-state index >= 15 is 0 Å². The fourth-order valence-corrected chi connectivity index (χ4v) is 3.86. The van der Waals surface area contributed by atoms with Gasteiger partial charge in [-0.15, -0.1) is 0 Å². The molecule has 3 atom stereocenters. The zero-order chi connectivity index (χ0) is 21.6. The van der Waals surface area contributed by atoms with Gasteiger partial charge in [0.05, 0.1) is 26.9 Å². The van der Waals surface area contributed by atoms with E-state index in [0.29, 0.717) is 28.9 Å². The number of ether oxygens (including phenoxy) is 4. The molecule has 1 aliphatic rings. The molecule has 0 aliphatic carbocycles. The molecule has 1 aromatic rings. The largest absolute Gasteiger partial charge is 0.493 e. The molecule has 0 aromatic heterocycles. The average Bonchev–Trinajstić information content (AvgIpc) is 2.69. The monoisotopic (exact) mass is 408 g/mol. The molecule has 0 radical (unpaired) electrons. The molecule has 164 valence electrons. The van der Waals surface area contributed by atoms with E-state index in [1.54, 1.807) is 12.1 Å². The number of hydrogen-bond donors (Lipinski definition) is 0. The first-order valence-corrected chi connectivity index (χ1v) is 10.2. The van der Waals surface area contributed by atoms with Gasteiger partial charge in [-0.2, -0.15) is 0 Å². The van der Waals surface area contributed by atoms with Crippen LogP contribution < -0.4 is 14.2 Å². The van der Waals surface area contributed by atoms with Crippen LogP contribution in [0.5, 0.6) is 17.2 Å². The summed E-state index contributed by atoms with van der Waals surface area (Å²) in [6, 6.07) is 3.65. The maximum atomic E-state index is 12.8. The van der Waals surface area contributed by atoms with Crippen molar-refractivity contribution in [3.8, 4) is 17.2 Å². The highest BCUT2D eigenvalue weighted by atomic mass is 16.5. The van der Waals surface area contributed by atoms with Crippen molar-refractivity contribution in [2.24, 2.45) is 5.92 Å². The Morgan fingerprint density at radius 3 is 2.24 bits per heavy atom. The first kappa shape index (κ1) is 23.3. The van der Waals surface area contributed by atoms with Crippen LogP contribution >= 0.6 is 0 Å². The van der Waals surface area contributed by atoms with Gasteiger partial charge in [-0.25, -0.2) is 4.79 Å². The van der Waals surface area contributed by atoms with Crippen molar-refractivity contribution in [1.82, 2.24) is 9.80 Å². The number of rotatable bonds is 9. The van der Waals surface area contributed by atoms with Crippen LogP contribution in [0.2, 0.25) is 0 Å². The van der Waals surface area contributed by atoms with E-state index in [2.05, 4.69) is 37.7 Å². The fraction of sp³-hybridized carbons (Fsp3) is 0.682. The number of carbonyl (C=O) groups excluding carboxylic acids is 1. The molecule has 29 heavy (non-hydrogen) atoms. The second-order valence-electron chi connectivity index (χ2n) is 8.07. The molecule has 0 N–H and O–H groups in total. The smallest absolute Gasteiger partial charge is 0.338 e. The van der Waals surface area contributed by atoms with Gasteiger partial charge in [-0.1, -0.05) is 6.92 Å². The number of methoxy groups -OCH3 is 3. The van der Waals surface area contributed by atoms with Gasteiger partial charge in [0.1, 0.15) is 6.10 Å². The van der Waals surface area contributed by atoms with Gasteiger partial charge < -0.3 is 28.7 Å². The molecule has 7 heteroatoms. The lowest BCUT2D eigenvalue weighted by molar-refractivity contribution is -0.0260. The molecule has 0 saturated carbocycles. The Balaban J connectivity index is 2.04. The van der Waals surface area contributed by atoms with E-state index in [1.807, 2.05) is 0 Å². The van der Waals surface area contributed by atoms with Crippen LogP contribution in [0, 0.1) is 5.92 Å². The van der Waals surface area contributed by atoms with Crippen LogP contribution in [0.1, 0.15) is 37.0 Å². The zero-order valence-corrected chi connectivity index (χ0v) is 18.9. The molecular weight excluding hydrogens is 372 g/mol. The highest BCUT2D eigenvalue weighted by Gasteiger charge is 2.33. The van der Waals surface area contributed by atoms with Gasteiger partial charge >= 0.3 is 5.97 Å². The molecule has 1 fully saturated rings. The van der Waals surface area contributed by atoms with E-state index < -0.39 is 0 Å². The van der Waals surface area contributed by atoms with Gasteiger partial charge in [0.15, 0.2) is 11.5 Å². The van der Waals surface area contributed by atoms with Crippen molar-refractivity contribution in [3.63, 3.8) is 0 Å². The van der Waals surface area contributed by atoms with Crippen LogP contribution in [0.3, 0.4) is 0 Å². The third kappa shape index (κ3) is 6.00. The first-order valence-electron chi connectivity index (χ1n) is 10.2. The van der Waals surface area contributed by atoms with Crippen LogP contribution in [0.25, 0.3) is 0 Å². The summed E-state index contributed by atoms with van der Waals surface area (Å²) < 4.78 is 21.9. The number of hydrogen-bond acceptors (Lipinski definition) is 7. The Morgan fingerprint density at radius 1 is 1.10 bits per heavy atom. The summed E-state index contributed by atoms with van der Waals surface area (Å²) in [6.07, 6.45) is 1.86. The fourth-order valence-electron chi connectivity index (χ4n) is 3.86. The standard InChI is InChI=1S/C22H36N2O5/c1-15-14-24(10-8-9-23(3)4)16(2)11-18(15)29-22(25)17-12-19(26-5)21(28-7)20(13-17)27-6/h12-13,15-16,18H,8-11,14H2,1-7H3. The minimum Gasteiger partial charge on any atom is -0.493 e. The molecule has 3 unspecified atom stereocenters. The Morgan fingerprint density at radius 2 is 1.72 bits per heavy atom. The van der Waals surface area contributed by atoms with Crippen LogP contribution in [0.15, 0.2) is 12.1 Å². The lowest BCUT2D eigenvalue weighted by Gasteiger charge is -2.41. The number of piperidine rings is 1. The second-order valence-corrected chi connectivity index (χ2v) is 8.07. The van der Waals surface area contributed by atoms with E-state index in [0.717, 1.165) is 32.5 Å². The molecule has 0 amide bonds. The SMILES string of the molecule is COc1cc(C(=O)OC2CC(C)N(CCCN(C)C)CC2C)cc(OC)c1OC. The highest BCUT2D eigenvalue weighted by Crippen LogP contribution is 2.38. The van der Waals surface area contributed by atoms with Gasteiger partial charge in [-0.05, 0) is 59.1 Å². The normalized spacial score (nSPS) is 22.4. The van der Waals surface area contributed by atoms with E-state index in [1.165, 1.54) is 21.3 Å². The number of benzene rings is 1. The lowest BCUT2D eigenvalue weighted by atomic mass is 9.91. The summed E-state index contributed by atoms with van der Waals surface area (Å²) in [6.45, 7) is 7.44. The average molecular weight is 409 g/mol. The summed E-state index contributed by atoms with van der Waals surface area (Å²) in [4.78, 5) is 17.5. The predicted octanol–water partition coefficient (Wildman–Crippen LogP) is 2.92. The highest BCUT2D eigenvalue weighted by molar-refractivity contribution is 5.91. The lowest BCUT2D eigenvalue weighted by Crippen LogP contribution is -2.49. The molecule has 0 bridgehead atoms. The number of nitrogens with zero attached hydrogens (tertiary/aromatic N) is 2. The Kier molecular flexibility index (Phi) is 8.59. The Hall–Kier alpha value is -1.99.